The molecule has 2 aliphatic rings. The van der Waals surface area contributed by atoms with E-state index in [1.807, 2.05) is 18.3 Å². The first-order valence-electron chi connectivity index (χ1n) is 14.9. The molecule has 2 fully saturated rings. The predicted molar refractivity (Wildman–Crippen MR) is 179 cm³/mol. The molecule has 0 saturated carbocycles. The summed E-state index contributed by atoms with van der Waals surface area (Å²) < 4.78 is 2.39. The van der Waals surface area contributed by atoms with Gasteiger partial charge in [0.25, 0.3) is 0 Å². The highest BCUT2D eigenvalue weighted by atomic mass is 35.5. The van der Waals surface area contributed by atoms with Crippen LogP contribution in [-0.4, -0.2) is 27.8 Å². The standard InChI is InChI=1S/C35H40ClN5S/c1-21-16-22(2)20-39(19-21)31-14-13-27(18-29(31)36)41-34(32(38-35(41)42)30-12-7-8-15-37-30)28-17-25(5)40(26(28)6)33-23(3)10-9-11-24(33)4/h7-15,17-18,21-22,32,34H,16,19-20H2,1-6H3,(H,38,42). The van der Waals surface area contributed by atoms with Crippen molar-refractivity contribution in [1.29, 1.82) is 0 Å². The highest BCUT2D eigenvalue weighted by Crippen LogP contribution is 2.45. The van der Waals surface area contributed by atoms with Gasteiger partial charge in [-0.3, -0.25) is 4.98 Å². The minimum absolute atomic E-state index is 0.103. The number of halogens is 1. The van der Waals surface area contributed by atoms with Crippen molar-refractivity contribution in [2.45, 2.75) is 60.0 Å². The Morgan fingerprint density at radius 1 is 0.905 bits per heavy atom. The van der Waals surface area contributed by atoms with E-state index in [4.69, 9.17) is 28.8 Å². The second kappa shape index (κ2) is 11.4. The molecule has 6 rings (SSSR count). The number of hydrogen-bond acceptors (Lipinski definition) is 3. The van der Waals surface area contributed by atoms with E-state index in [1.165, 1.54) is 40.2 Å². The van der Waals surface area contributed by atoms with Gasteiger partial charge >= 0.3 is 0 Å². The van der Waals surface area contributed by atoms with Gasteiger partial charge in [-0.1, -0.05) is 49.7 Å². The molecule has 218 valence electrons. The van der Waals surface area contributed by atoms with Crippen LogP contribution >= 0.6 is 23.8 Å². The first-order valence-corrected chi connectivity index (χ1v) is 15.7. The topological polar surface area (TPSA) is 36.3 Å². The molecule has 4 atom stereocenters. The molecule has 2 saturated heterocycles. The Hall–Kier alpha value is -3.35. The molecule has 0 aliphatic carbocycles. The Labute approximate surface area is 260 Å². The van der Waals surface area contributed by atoms with Crippen molar-refractivity contribution in [3.8, 4) is 5.69 Å². The number of aryl methyl sites for hydroxylation is 3. The smallest absolute Gasteiger partial charge is 0.174 e. The highest BCUT2D eigenvalue weighted by molar-refractivity contribution is 7.80. The lowest BCUT2D eigenvalue weighted by atomic mass is 9.91. The Bertz CT molecular complexity index is 1600. The molecule has 0 bridgehead atoms. The van der Waals surface area contributed by atoms with Crippen LogP contribution in [0.3, 0.4) is 0 Å². The number of para-hydroxylation sites is 1. The van der Waals surface area contributed by atoms with Crippen molar-refractivity contribution >= 4 is 40.3 Å². The summed E-state index contributed by atoms with van der Waals surface area (Å²) in [6.45, 7) is 15.5. The van der Waals surface area contributed by atoms with E-state index in [1.54, 1.807) is 0 Å². The lowest BCUT2D eigenvalue weighted by molar-refractivity contribution is 0.357. The van der Waals surface area contributed by atoms with E-state index >= 15 is 0 Å². The Morgan fingerprint density at radius 2 is 1.62 bits per heavy atom. The molecule has 4 unspecified atom stereocenters. The number of benzene rings is 2. The number of thiocarbonyl (C=S) groups is 1. The number of pyridine rings is 1. The minimum atomic E-state index is -0.118. The normalized spacial score (nSPS) is 22.5. The third-order valence-electron chi connectivity index (χ3n) is 8.97. The fourth-order valence-electron chi connectivity index (χ4n) is 7.30. The van der Waals surface area contributed by atoms with Gasteiger partial charge < -0.3 is 19.7 Å². The van der Waals surface area contributed by atoms with E-state index in [2.05, 4.69) is 110 Å². The van der Waals surface area contributed by atoms with Crippen molar-refractivity contribution < 1.29 is 0 Å². The molecule has 2 aliphatic heterocycles. The summed E-state index contributed by atoms with van der Waals surface area (Å²) in [5.74, 6) is 1.30. The van der Waals surface area contributed by atoms with E-state index in [0.717, 1.165) is 35.2 Å². The van der Waals surface area contributed by atoms with Crippen LogP contribution in [0.15, 0.2) is 66.9 Å². The third-order valence-corrected chi connectivity index (χ3v) is 9.59. The van der Waals surface area contributed by atoms with Crippen LogP contribution in [0.5, 0.6) is 0 Å². The summed E-state index contributed by atoms with van der Waals surface area (Å²) in [6.07, 6.45) is 3.11. The summed E-state index contributed by atoms with van der Waals surface area (Å²) in [6, 6.07) is 21.1. The molecular weight excluding hydrogens is 558 g/mol. The second-order valence-corrected chi connectivity index (χ2v) is 13.2. The molecule has 0 amide bonds. The Morgan fingerprint density at radius 3 is 2.26 bits per heavy atom. The molecule has 5 nitrogen and oxygen atoms in total. The summed E-state index contributed by atoms with van der Waals surface area (Å²) in [5.41, 5.74) is 10.4. The zero-order valence-corrected chi connectivity index (χ0v) is 26.9. The summed E-state index contributed by atoms with van der Waals surface area (Å²) in [7, 11) is 0. The van der Waals surface area contributed by atoms with E-state index in [9.17, 15) is 0 Å². The summed E-state index contributed by atoms with van der Waals surface area (Å²) in [4.78, 5) is 9.44. The summed E-state index contributed by atoms with van der Waals surface area (Å²) >= 11 is 13.1. The van der Waals surface area contributed by atoms with Crippen LogP contribution < -0.4 is 15.1 Å². The molecule has 0 spiro atoms. The van der Waals surface area contributed by atoms with Crippen molar-refractivity contribution in [3.63, 3.8) is 0 Å². The van der Waals surface area contributed by atoms with Gasteiger partial charge in [-0.15, -0.1) is 0 Å². The van der Waals surface area contributed by atoms with Gasteiger partial charge in [-0.05, 0) is 111 Å². The van der Waals surface area contributed by atoms with Gasteiger partial charge in [-0.2, -0.15) is 0 Å². The molecule has 4 aromatic rings. The molecule has 1 N–H and O–H groups in total. The van der Waals surface area contributed by atoms with E-state index < -0.39 is 0 Å². The van der Waals surface area contributed by atoms with Gasteiger partial charge in [0.05, 0.1) is 34.2 Å². The van der Waals surface area contributed by atoms with Crippen LogP contribution in [0.25, 0.3) is 5.69 Å². The molecule has 7 heteroatoms. The molecule has 0 radical (unpaired) electrons. The molecule has 2 aromatic carbocycles. The maximum Gasteiger partial charge on any atom is 0.174 e. The van der Waals surface area contributed by atoms with Gasteiger partial charge in [0, 0.05) is 36.4 Å². The first-order chi connectivity index (χ1) is 20.1. The minimum Gasteiger partial charge on any atom is -0.370 e. The van der Waals surface area contributed by atoms with Crippen molar-refractivity contribution in [2.75, 3.05) is 22.9 Å². The zero-order valence-electron chi connectivity index (χ0n) is 25.4. The maximum atomic E-state index is 7.06. The van der Waals surface area contributed by atoms with E-state index in [-0.39, 0.29) is 12.1 Å². The van der Waals surface area contributed by atoms with Gasteiger partial charge in [-0.25, -0.2) is 0 Å². The lowest BCUT2D eigenvalue weighted by Crippen LogP contribution is -2.38. The number of aromatic nitrogens is 2. The van der Waals surface area contributed by atoms with E-state index in [0.29, 0.717) is 16.9 Å². The second-order valence-electron chi connectivity index (χ2n) is 12.4. The van der Waals surface area contributed by atoms with Crippen LogP contribution in [0.1, 0.15) is 66.1 Å². The highest BCUT2D eigenvalue weighted by Gasteiger charge is 2.42. The quantitative estimate of drug-likeness (QED) is 0.234. The lowest BCUT2D eigenvalue weighted by Gasteiger charge is -2.37. The third kappa shape index (κ3) is 5.09. The van der Waals surface area contributed by atoms with Crippen LogP contribution in [0.2, 0.25) is 5.02 Å². The SMILES string of the molecule is Cc1cccc(C)c1-n1c(C)cc(C2C(c3ccccn3)NC(=S)N2c2ccc(N3CC(C)CC(C)C3)c(Cl)c2)c1C. The average Bonchev–Trinajstić information content (AvgIpc) is 3.43. The predicted octanol–water partition coefficient (Wildman–Crippen LogP) is 8.42. The molecule has 4 heterocycles. The van der Waals surface area contributed by atoms with Gasteiger partial charge in [0.2, 0.25) is 0 Å². The Balaban J connectivity index is 1.46. The average molecular weight is 598 g/mol. The number of anilines is 2. The summed E-state index contributed by atoms with van der Waals surface area (Å²) in [5, 5.41) is 5.07. The largest absolute Gasteiger partial charge is 0.370 e. The van der Waals surface area contributed by atoms with Crippen LogP contribution in [0, 0.1) is 39.5 Å². The number of hydrogen-bond donors (Lipinski definition) is 1. The maximum absolute atomic E-state index is 7.06. The number of piperidine rings is 1. The fourth-order valence-corrected chi connectivity index (χ4v) is 7.94. The van der Waals surface area contributed by atoms with Gasteiger partial charge in [0.15, 0.2) is 5.11 Å². The van der Waals surface area contributed by atoms with Crippen LogP contribution in [-0.2, 0) is 0 Å². The van der Waals surface area contributed by atoms with Crippen molar-refractivity contribution in [2.24, 2.45) is 11.8 Å². The van der Waals surface area contributed by atoms with Gasteiger partial charge in [0.1, 0.15) is 0 Å². The van der Waals surface area contributed by atoms with Crippen molar-refractivity contribution in [3.05, 3.63) is 106 Å². The molecule has 42 heavy (non-hydrogen) atoms. The number of rotatable bonds is 5. The van der Waals surface area contributed by atoms with Crippen LogP contribution in [0.4, 0.5) is 11.4 Å². The molecular formula is C35H40ClN5S. The Kier molecular flexibility index (Phi) is 7.79. The molecule has 2 aromatic heterocycles. The number of nitrogens with one attached hydrogen (secondary N) is 1. The first kappa shape index (κ1) is 28.8. The fraction of sp³-hybridized carbons (Fsp3) is 0.371. The van der Waals surface area contributed by atoms with Crippen molar-refractivity contribution in [1.82, 2.24) is 14.9 Å². The monoisotopic (exact) mass is 597 g/mol. The zero-order chi connectivity index (χ0) is 29.7. The number of nitrogens with zero attached hydrogens (tertiary/aromatic N) is 4.